The third-order valence-electron chi connectivity index (χ3n) is 5.35. The number of aryl methyl sites for hydroxylation is 1. The van der Waals surface area contributed by atoms with Gasteiger partial charge in [0.1, 0.15) is 0 Å². The molecule has 32 heavy (non-hydrogen) atoms. The first-order valence-electron chi connectivity index (χ1n) is 10.5. The van der Waals surface area contributed by atoms with Crippen LogP contribution < -0.4 is 5.32 Å². The summed E-state index contributed by atoms with van der Waals surface area (Å²) in [6, 6.07) is 24.3. The maximum atomic E-state index is 12.5. The fourth-order valence-electron chi connectivity index (χ4n) is 3.93. The number of aromatic nitrogens is 3. The monoisotopic (exact) mass is 442 g/mol. The molecule has 5 rings (SSSR count). The van der Waals surface area contributed by atoms with Gasteiger partial charge in [-0.05, 0) is 36.8 Å². The number of hydrogen-bond acceptors (Lipinski definition) is 5. The summed E-state index contributed by atoms with van der Waals surface area (Å²) in [4.78, 5) is 12.5. The van der Waals surface area contributed by atoms with Crippen LogP contribution >= 0.6 is 11.8 Å². The summed E-state index contributed by atoms with van der Waals surface area (Å²) in [5.74, 6) is 0.620. The summed E-state index contributed by atoms with van der Waals surface area (Å²) in [5.41, 5.74) is 4.24. The quantitative estimate of drug-likeness (QED) is 0.336. The molecule has 0 atom stereocenters. The Balaban J connectivity index is 1.25. The molecule has 0 bridgehead atoms. The zero-order chi connectivity index (χ0) is 21.9. The lowest BCUT2D eigenvalue weighted by Crippen LogP contribution is -2.13. The van der Waals surface area contributed by atoms with Gasteiger partial charge in [-0.2, -0.15) is 0 Å². The molecule has 1 amide bonds. The Hall–Kier alpha value is -3.58. The molecular weight excluding hydrogens is 420 g/mol. The second kappa shape index (κ2) is 8.88. The smallest absolute Gasteiger partial charge is 0.277 e. The van der Waals surface area contributed by atoms with Gasteiger partial charge in [-0.1, -0.05) is 60.3 Å². The van der Waals surface area contributed by atoms with Crippen molar-refractivity contribution in [3.05, 3.63) is 84.3 Å². The van der Waals surface area contributed by atoms with Crippen molar-refractivity contribution < 1.29 is 9.21 Å². The maximum Gasteiger partial charge on any atom is 0.277 e. The Kier molecular flexibility index (Phi) is 5.64. The molecule has 3 aromatic carbocycles. The van der Waals surface area contributed by atoms with Crippen molar-refractivity contribution in [2.45, 2.75) is 25.1 Å². The van der Waals surface area contributed by atoms with E-state index in [-0.39, 0.29) is 11.7 Å². The molecule has 0 aliphatic rings. The van der Waals surface area contributed by atoms with Crippen molar-refractivity contribution in [2.75, 3.05) is 11.1 Å². The number of carbonyl (C=O) groups excluding carboxylic acids is 1. The van der Waals surface area contributed by atoms with Crippen LogP contribution in [0.1, 0.15) is 18.4 Å². The summed E-state index contributed by atoms with van der Waals surface area (Å²) < 4.78 is 7.95. The lowest BCUT2D eigenvalue weighted by molar-refractivity contribution is -0.113. The van der Waals surface area contributed by atoms with E-state index in [9.17, 15) is 4.79 Å². The number of fused-ring (bicyclic) bond motifs is 3. The molecule has 0 fully saturated rings. The van der Waals surface area contributed by atoms with E-state index in [0.717, 1.165) is 28.7 Å². The highest BCUT2D eigenvalue weighted by atomic mass is 32.2. The highest BCUT2D eigenvalue weighted by Gasteiger charge is 2.13. The fraction of sp³-hybridized carbons (Fsp3) is 0.160. The van der Waals surface area contributed by atoms with Crippen molar-refractivity contribution in [1.29, 1.82) is 0 Å². The molecule has 6 nitrogen and oxygen atoms in total. The third kappa shape index (κ3) is 4.11. The average molecular weight is 443 g/mol. The van der Waals surface area contributed by atoms with Crippen LogP contribution in [0.2, 0.25) is 0 Å². The Labute approximate surface area is 189 Å². The Morgan fingerprint density at radius 1 is 0.969 bits per heavy atom. The number of para-hydroxylation sites is 1. The van der Waals surface area contributed by atoms with E-state index in [4.69, 9.17) is 4.42 Å². The zero-order valence-corrected chi connectivity index (χ0v) is 18.4. The molecule has 0 unspecified atom stereocenters. The van der Waals surface area contributed by atoms with Crippen molar-refractivity contribution in [1.82, 2.24) is 14.8 Å². The molecule has 1 N–H and O–H groups in total. The Morgan fingerprint density at radius 2 is 1.75 bits per heavy atom. The SMILES string of the molecule is CCn1c2ccccc2c2cc(NC(=O)CSc3nnc(Cc4ccccc4)o3)ccc21. The number of anilines is 1. The predicted molar refractivity (Wildman–Crippen MR) is 128 cm³/mol. The first-order chi connectivity index (χ1) is 15.7. The second-order valence-electron chi connectivity index (χ2n) is 7.45. The summed E-state index contributed by atoms with van der Waals surface area (Å²) in [5, 5.41) is 13.8. The molecule has 0 radical (unpaired) electrons. The largest absolute Gasteiger partial charge is 0.416 e. The van der Waals surface area contributed by atoms with Gasteiger partial charge in [0.2, 0.25) is 11.8 Å². The third-order valence-corrected chi connectivity index (χ3v) is 6.16. The number of hydrogen-bond donors (Lipinski definition) is 1. The lowest BCUT2D eigenvalue weighted by Gasteiger charge is -2.06. The highest BCUT2D eigenvalue weighted by Crippen LogP contribution is 2.31. The topological polar surface area (TPSA) is 73.0 Å². The molecule has 0 saturated heterocycles. The van der Waals surface area contributed by atoms with Crippen LogP contribution in [0.3, 0.4) is 0 Å². The molecule has 7 heteroatoms. The molecule has 2 aromatic heterocycles. The first-order valence-corrected chi connectivity index (χ1v) is 11.5. The van der Waals surface area contributed by atoms with Crippen molar-refractivity contribution in [2.24, 2.45) is 0 Å². The van der Waals surface area contributed by atoms with Crippen molar-refractivity contribution >= 4 is 45.2 Å². The van der Waals surface area contributed by atoms with Gasteiger partial charge in [-0.25, -0.2) is 0 Å². The minimum atomic E-state index is -0.114. The van der Waals surface area contributed by atoms with Gasteiger partial charge >= 0.3 is 0 Å². The number of thioether (sulfide) groups is 1. The Morgan fingerprint density at radius 3 is 2.59 bits per heavy atom. The number of carbonyl (C=O) groups is 1. The fourth-order valence-corrected chi connectivity index (χ4v) is 4.52. The predicted octanol–water partition coefficient (Wildman–Crippen LogP) is 5.52. The molecule has 5 aromatic rings. The number of rotatable bonds is 7. The molecule has 160 valence electrons. The molecule has 2 heterocycles. The summed E-state index contributed by atoms with van der Waals surface area (Å²) in [7, 11) is 0. The van der Waals surface area contributed by atoms with Crippen LogP contribution in [0.5, 0.6) is 0 Å². The molecule has 0 saturated carbocycles. The molecule has 0 aliphatic heterocycles. The van der Waals surface area contributed by atoms with E-state index < -0.39 is 0 Å². The minimum Gasteiger partial charge on any atom is -0.416 e. The van der Waals surface area contributed by atoms with Gasteiger partial charge in [0, 0.05) is 34.0 Å². The van der Waals surface area contributed by atoms with Crippen molar-refractivity contribution in [3.8, 4) is 0 Å². The van der Waals surface area contributed by atoms with E-state index in [1.807, 2.05) is 48.5 Å². The number of amides is 1. The van der Waals surface area contributed by atoms with E-state index in [1.165, 1.54) is 22.7 Å². The van der Waals surface area contributed by atoms with E-state index >= 15 is 0 Å². The maximum absolute atomic E-state index is 12.5. The van der Waals surface area contributed by atoms with E-state index in [0.29, 0.717) is 17.5 Å². The highest BCUT2D eigenvalue weighted by molar-refractivity contribution is 7.99. The van der Waals surface area contributed by atoms with Gasteiger partial charge in [-0.3, -0.25) is 4.79 Å². The summed E-state index contributed by atoms with van der Waals surface area (Å²) in [6.45, 7) is 3.03. The van der Waals surface area contributed by atoms with Crippen LogP contribution in [0.25, 0.3) is 21.8 Å². The van der Waals surface area contributed by atoms with Gasteiger partial charge in [0.05, 0.1) is 12.2 Å². The number of benzene rings is 3. The van der Waals surface area contributed by atoms with Crippen LogP contribution in [0.4, 0.5) is 5.69 Å². The first kappa shape index (κ1) is 20.3. The van der Waals surface area contributed by atoms with Crippen molar-refractivity contribution in [3.63, 3.8) is 0 Å². The van der Waals surface area contributed by atoms with Crippen LogP contribution in [-0.2, 0) is 17.8 Å². The number of nitrogens with one attached hydrogen (secondary N) is 1. The normalized spacial score (nSPS) is 11.3. The average Bonchev–Trinajstić information content (AvgIpc) is 3.40. The van der Waals surface area contributed by atoms with E-state index in [1.54, 1.807) is 0 Å². The number of nitrogens with zero attached hydrogens (tertiary/aromatic N) is 3. The van der Waals surface area contributed by atoms with Gasteiger partial charge in [0.25, 0.3) is 5.22 Å². The second-order valence-corrected chi connectivity index (χ2v) is 8.38. The summed E-state index contributed by atoms with van der Waals surface area (Å²) in [6.07, 6.45) is 0.575. The van der Waals surface area contributed by atoms with Gasteiger partial charge in [-0.15, -0.1) is 10.2 Å². The van der Waals surface area contributed by atoms with Gasteiger partial charge in [0.15, 0.2) is 0 Å². The molecular formula is C25H22N4O2S. The van der Waals surface area contributed by atoms with Crippen LogP contribution in [-0.4, -0.2) is 26.4 Å². The standard InChI is InChI=1S/C25H22N4O2S/c1-2-29-21-11-7-6-10-19(21)20-15-18(12-13-22(20)29)26-23(30)16-32-25-28-27-24(31-25)14-17-8-4-3-5-9-17/h3-13,15H,2,14,16H2,1H3,(H,26,30). The van der Waals surface area contributed by atoms with Gasteiger partial charge < -0.3 is 14.3 Å². The Bertz CT molecular complexity index is 1390. The van der Waals surface area contributed by atoms with Crippen LogP contribution in [0.15, 0.2) is 82.4 Å². The summed E-state index contributed by atoms with van der Waals surface area (Å²) >= 11 is 1.24. The lowest BCUT2D eigenvalue weighted by atomic mass is 10.1. The molecule has 0 spiro atoms. The zero-order valence-electron chi connectivity index (χ0n) is 17.6. The van der Waals surface area contributed by atoms with Crippen LogP contribution in [0, 0.1) is 0 Å². The minimum absolute atomic E-state index is 0.114. The van der Waals surface area contributed by atoms with E-state index in [2.05, 4.69) is 51.3 Å². The molecule has 0 aliphatic carbocycles.